The molecule has 0 aromatic carbocycles. The second-order valence-corrected chi connectivity index (χ2v) is 4.95. The fraction of sp³-hybridized carbons (Fsp3) is 0.308. The lowest BCUT2D eigenvalue weighted by Crippen LogP contribution is -2.36. The molecule has 2 aromatic rings. The van der Waals surface area contributed by atoms with Crippen LogP contribution in [-0.4, -0.2) is 19.1 Å². The number of urea groups is 1. The fourth-order valence-electron chi connectivity index (χ4n) is 1.59. The molecule has 0 atom stereocenters. The van der Waals surface area contributed by atoms with Gasteiger partial charge in [0.2, 0.25) is 0 Å². The summed E-state index contributed by atoms with van der Waals surface area (Å²) in [6.45, 7) is 3.19. The first-order valence-corrected chi connectivity index (χ1v) is 6.75. The molecule has 0 fully saturated rings. The quantitative estimate of drug-likeness (QED) is 0.872. The lowest BCUT2D eigenvalue weighted by Gasteiger charge is -2.03. The largest absolute Gasteiger partial charge is 0.464 e. The molecule has 0 aliphatic rings. The minimum Gasteiger partial charge on any atom is -0.464 e. The number of hydrogen-bond acceptors (Lipinski definition) is 3. The molecular formula is C13H16N2O2S. The Labute approximate surface area is 110 Å². The second kappa shape index (κ2) is 6.26. The molecule has 4 nitrogen and oxygen atoms in total. The standard InChI is InChI=1S/C13H16N2O2S/c1-2-14-13(16)15-8-7-10-5-6-12(18-10)11-4-3-9-17-11/h3-6,9H,2,7-8H2,1H3,(H2,14,15,16). The number of hydrogen-bond donors (Lipinski definition) is 2. The Morgan fingerprint density at radius 1 is 1.33 bits per heavy atom. The average molecular weight is 264 g/mol. The summed E-state index contributed by atoms with van der Waals surface area (Å²) in [7, 11) is 0. The number of rotatable bonds is 5. The van der Waals surface area contributed by atoms with Crippen LogP contribution in [-0.2, 0) is 6.42 Å². The van der Waals surface area contributed by atoms with Crippen LogP contribution in [0.15, 0.2) is 34.9 Å². The first-order chi connectivity index (χ1) is 8.79. The first-order valence-electron chi connectivity index (χ1n) is 5.94. The van der Waals surface area contributed by atoms with Crippen LogP contribution in [0.1, 0.15) is 11.8 Å². The molecule has 2 aromatic heterocycles. The fourth-order valence-corrected chi connectivity index (χ4v) is 2.56. The van der Waals surface area contributed by atoms with Crippen molar-refractivity contribution in [1.29, 1.82) is 0 Å². The van der Waals surface area contributed by atoms with E-state index in [1.807, 2.05) is 25.1 Å². The first kappa shape index (κ1) is 12.7. The topological polar surface area (TPSA) is 54.3 Å². The lowest BCUT2D eigenvalue weighted by molar-refractivity contribution is 0.241. The summed E-state index contributed by atoms with van der Waals surface area (Å²) in [4.78, 5) is 13.5. The van der Waals surface area contributed by atoms with Gasteiger partial charge in [-0.25, -0.2) is 4.79 Å². The predicted octanol–water partition coefficient (Wildman–Crippen LogP) is 2.87. The highest BCUT2D eigenvalue weighted by Gasteiger charge is 2.05. The van der Waals surface area contributed by atoms with E-state index in [1.54, 1.807) is 17.6 Å². The Morgan fingerprint density at radius 3 is 2.94 bits per heavy atom. The van der Waals surface area contributed by atoms with Gasteiger partial charge in [0.15, 0.2) is 0 Å². The van der Waals surface area contributed by atoms with Crippen LogP contribution >= 0.6 is 11.3 Å². The molecule has 18 heavy (non-hydrogen) atoms. The van der Waals surface area contributed by atoms with Crippen LogP contribution in [0, 0.1) is 0 Å². The van der Waals surface area contributed by atoms with E-state index < -0.39 is 0 Å². The molecule has 0 unspecified atom stereocenters. The number of furan rings is 1. The zero-order chi connectivity index (χ0) is 12.8. The number of thiophene rings is 1. The Morgan fingerprint density at radius 2 is 2.22 bits per heavy atom. The van der Waals surface area contributed by atoms with Gasteiger partial charge in [0.05, 0.1) is 11.1 Å². The van der Waals surface area contributed by atoms with Crippen molar-refractivity contribution in [2.45, 2.75) is 13.3 Å². The molecule has 2 rings (SSSR count). The van der Waals surface area contributed by atoms with Gasteiger partial charge in [0.1, 0.15) is 5.76 Å². The maximum atomic E-state index is 11.2. The number of carbonyl (C=O) groups excluding carboxylic acids is 1. The van der Waals surface area contributed by atoms with Gasteiger partial charge in [-0.05, 0) is 37.6 Å². The summed E-state index contributed by atoms with van der Waals surface area (Å²) in [5.74, 6) is 0.892. The zero-order valence-corrected chi connectivity index (χ0v) is 11.0. The maximum absolute atomic E-state index is 11.2. The van der Waals surface area contributed by atoms with Gasteiger partial charge in [0, 0.05) is 18.0 Å². The van der Waals surface area contributed by atoms with Crippen molar-refractivity contribution in [2.24, 2.45) is 0 Å². The van der Waals surface area contributed by atoms with Gasteiger partial charge in [-0.1, -0.05) is 0 Å². The van der Waals surface area contributed by atoms with Gasteiger partial charge >= 0.3 is 6.03 Å². The summed E-state index contributed by atoms with van der Waals surface area (Å²) in [5.41, 5.74) is 0. The van der Waals surface area contributed by atoms with Crippen molar-refractivity contribution in [3.05, 3.63) is 35.4 Å². The minimum atomic E-state index is -0.111. The molecule has 0 spiro atoms. The highest BCUT2D eigenvalue weighted by molar-refractivity contribution is 7.15. The summed E-state index contributed by atoms with van der Waals surface area (Å²) < 4.78 is 5.34. The molecule has 0 aliphatic heterocycles. The average Bonchev–Trinajstić information content (AvgIpc) is 2.99. The molecular weight excluding hydrogens is 248 g/mol. The second-order valence-electron chi connectivity index (χ2n) is 3.78. The third-order valence-electron chi connectivity index (χ3n) is 2.42. The van der Waals surface area contributed by atoms with Crippen molar-refractivity contribution in [1.82, 2.24) is 10.6 Å². The van der Waals surface area contributed by atoms with Crippen LogP contribution in [0.2, 0.25) is 0 Å². The SMILES string of the molecule is CCNC(=O)NCCc1ccc(-c2ccco2)s1. The Bertz CT molecular complexity index is 491. The van der Waals surface area contributed by atoms with Crippen molar-refractivity contribution < 1.29 is 9.21 Å². The molecule has 0 saturated carbocycles. The van der Waals surface area contributed by atoms with E-state index in [-0.39, 0.29) is 6.03 Å². The lowest BCUT2D eigenvalue weighted by atomic mass is 10.3. The Kier molecular flexibility index (Phi) is 4.41. The number of carbonyl (C=O) groups is 1. The van der Waals surface area contributed by atoms with Crippen molar-refractivity contribution in [2.75, 3.05) is 13.1 Å². The molecule has 0 radical (unpaired) electrons. The third kappa shape index (κ3) is 3.37. The number of amides is 2. The minimum absolute atomic E-state index is 0.111. The van der Waals surface area contributed by atoms with Crippen molar-refractivity contribution in [3.63, 3.8) is 0 Å². The van der Waals surface area contributed by atoms with Crippen molar-refractivity contribution in [3.8, 4) is 10.6 Å². The third-order valence-corrected chi connectivity index (χ3v) is 3.58. The van der Waals surface area contributed by atoms with Crippen molar-refractivity contribution >= 4 is 17.4 Å². The molecule has 5 heteroatoms. The van der Waals surface area contributed by atoms with E-state index in [1.165, 1.54) is 4.88 Å². The summed E-state index contributed by atoms with van der Waals surface area (Å²) >= 11 is 1.69. The van der Waals surface area contributed by atoms with Crippen LogP contribution < -0.4 is 10.6 Å². The van der Waals surface area contributed by atoms with E-state index in [0.717, 1.165) is 17.1 Å². The summed E-state index contributed by atoms with van der Waals surface area (Å²) in [6, 6.07) is 7.83. The van der Waals surface area contributed by atoms with E-state index in [4.69, 9.17) is 4.42 Å². The Balaban J connectivity index is 1.82. The van der Waals surface area contributed by atoms with Crippen LogP contribution in [0.3, 0.4) is 0 Å². The maximum Gasteiger partial charge on any atom is 0.314 e. The highest BCUT2D eigenvalue weighted by atomic mass is 32.1. The molecule has 2 heterocycles. The van der Waals surface area contributed by atoms with E-state index in [9.17, 15) is 4.79 Å². The normalized spacial score (nSPS) is 10.3. The van der Waals surface area contributed by atoms with Crippen LogP contribution in [0.4, 0.5) is 4.79 Å². The van der Waals surface area contributed by atoms with Crippen LogP contribution in [0.25, 0.3) is 10.6 Å². The Hall–Kier alpha value is -1.75. The van der Waals surface area contributed by atoms with Gasteiger partial charge in [-0.2, -0.15) is 0 Å². The predicted molar refractivity (Wildman–Crippen MR) is 72.8 cm³/mol. The highest BCUT2D eigenvalue weighted by Crippen LogP contribution is 2.28. The molecule has 0 saturated heterocycles. The van der Waals surface area contributed by atoms with Crippen LogP contribution in [0.5, 0.6) is 0 Å². The van der Waals surface area contributed by atoms with Gasteiger partial charge in [-0.15, -0.1) is 11.3 Å². The molecule has 96 valence electrons. The van der Waals surface area contributed by atoms with E-state index >= 15 is 0 Å². The van der Waals surface area contributed by atoms with E-state index in [2.05, 4.69) is 16.7 Å². The number of nitrogens with one attached hydrogen (secondary N) is 2. The molecule has 2 N–H and O–H groups in total. The monoisotopic (exact) mass is 264 g/mol. The van der Waals surface area contributed by atoms with E-state index in [0.29, 0.717) is 13.1 Å². The van der Waals surface area contributed by atoms with Gasteiger partial charge < -0.3 is 15.1 Å². The summed E-state index contributed by atoms with van der Waals surface area (Å²) in [5, 5.41) is 5.51. The smallest absolute Gasteiger partial charge is 0.314 e. The molecule has 0 bridgehead atoms. The zero-order valence-electron chi connectivity index (χ0n) is 10.2. The van der Waals surface area contributed by atoms with Gasteiger partial charge in [-0.3, -0.25) is 0 Å². The summed E-state index contributed by atoms with van der Waals surface area (Å²) in [6.07, 6.45) is 2.51. The molecule has 2 amide bonds. The molecule has 0 aliphatic carbocycles. The van der Waals surface area contributed by atoms with Gasteiger partial charge in [0.25, 0.3) is 0 Å².